The minimum atomic E-state index is -0.0314. The molecule has 7 heteroatoms. The topological polar surface area (TPSA) is 69.5 Å². The zero-order chi connectivity index (χ0) is 22.1. The maximum Gasteiger partial charge on any atom is 0.259 e. The Morgan fingerprint density at radius 1 is 1.06 bits per heavy atom. The van der Waals surface area contributed by atoms with Gasteiger partial charge in [0.2, 0.25) is 0 Å². The lowest BCUT2D eigenvalue weighted by Gasteiger charge is -2.29. The molecule has 1 aliphatic heterocycles. The number of carbonyl (C=O) groups excluding carboxylic acids is 1. The van der Waals surface area contributed by atoms with Crippen molar-refractivity contribution in [3.63, 3.8) is 0 Å². The molecule has 5 rings (SSSR count). The Kier molecular flexibility index (Phi) is 5.23. The van der Waals surface area contributed by atoms with E-state index in [9.17, 15) is 4.79 Å². The quantitative estimate of drug-likeness (QED) is 0.479. The highest BCUT2D eigenvalue weighted by Crippen LogP contribution is 2.29. The number of hydrogen-bond acceptors (Lipinski definition) is 5. The smallest absolute Gasteiger partial charge is 0.259 e. The van der Waals surface area contributed by atoms with Crippen LogP contribution in [0.2, 0.25) is 0 Å². The Morgan fingerprint density at radius 3 is 2.78 bits per heavy atom. The fraction of sp³-hybridized carbons (Fsp3) is 0.240. The van der Waals surface area contributed by atoms with Gasteiger partial charge >= 0.3 is 0 Å². The van der Waals surface area contributed by atoms with Crippen LogP contribution in [0.15, 0.2) is 60.9 Å². The van der Waals surface area contributed by atoms with Gasteiger partial charge in [0.1, 0.15) is 11.5 Å². The summed E-state index contributed by atoms with van der Waals surface area (Å²) >= 11 is 0. The molecule has 0 unspecified atom stereocenters. The SMILES string of the molecule is COc1ccc(Cn2ncc3cc(C(=O)N4CCCc5ccccc54)cnc32)c(OC)c1. The normalized spacial score (nSPS) is 13.1. The second kappa shape index (κ2) is 8.34. The van der Waals surface area contributed by atoms with Gasteiger partial charge in [-0.2, -0.15) is 5.10 Å². The van der Waals surface area contributed by atoms with Crippen LogP contribution in [0.4, 0.5) is 5.69 Å². The Labute approximate surface area is 186 Å². The van der Waals surface area contributed by atoms with E-state index >= 15 is 0 Å². The standard InChI is InChI=1S/C25H24N4O3/c1-31-21-10-9-18(23(13-21)32-2)16-29-24-19(15-27-29)12-20(14-26-24)25(30)28-11-5-7-17-6-3-4-8-22(17)28/h3-4,6,8-10,12-15H,5,7,11,16H2,1-2H3. The minimum Gasteiger partial charge on any atom is -0.497 e. The van der Waals surface area contributed by atoms with Gasteiger partial charge in [-0.05, 0) is 42.7 Å². The maximum absolute atomic E-state index is 13.3. The molecule has 162 valence electrons. The molecule has 3 heterocycles. The number of fused-ring (bicyclic) bond motifs is 2. The molecule has 0 saturated heterocycles. The predicted octanol–water partition coefficient (Wildman–Crippen LogP) is 4.09. The van der Waals surface area contributed by atoms with Gasteiger partial charge in [0.15, 0.2) is 5.65 Å². The molecule has 1 aliphatic rings. The Hall–Kier alpha value is -3.87. The molecule has 0 N–H and O–H groups in total. The summed E-state index contributed by atoms with van der Waals surface area (Å²) in [5.74, 6) is 1.43. The summed E-state index contributed by atoms with van der Waals surface area (Å²) in [5, 5.41) is 5.33. The first kappa shape index (κ1) is 20.1. The Morgan fingerprint density at radius 2 is 1.94 bits per heavy atom. The van der Waals surface area contributed by atoms with Crippen molar-refractivity contribution >= 4 is 22.6 Å². The number of amides is 1. The predicted molar refractivity (Wildman–Crippen MR) is 123 cm³/mol. The lowest BCUT2D eigenvalue weighted by Crippen LogP contribution is -2.35. The van der Waals surface area contributed by atoms with Crippen molar-refractivity contribution in [1.82, 2.24) is 14.8 Å². The molecule has 0 spiro atoms. The molecule has 0 aliphatic carbocycles. The number of ether oxygens (including phenoxy) is 2. The first-order chi connectivity index (χ1) is 15.7. The molecule has 4 aromatic rings. The molecule has 2 aromatic carbocycles. The van der Waals surface area contributed by atoms with Gasteiger partial charge in [-0.3, -0.25) is 4.79 Å². The van der Waals surface area contributed by atoms with Gasteiger partial charge in [0, 0.05) is 35.4 Å². The third-order valence-corrected chi connectivity index (χ3v) is 5.89. The summed E-state index contributed by atoms with van der Waals surface area (Å²) in [7, 11) is 3.26. The van der Waals surface area contributed by atoms with Gasteiger partial charge in [-0.25, -0.2) is 9.67 Å². The average molecular weight is 428 g/mol. The fourth-order valence-corrected chi connectivity index (χ4v) is 4.25. The second-order valence-corrected chi connectivity index (χ2v) is 7.81. The van der Waals surface area contributed by atoms with Crippen LogP contribution in [-0.4, -0.2) is 41.4 Å². The van der Waals surface area contributed by atoms with E-state index in [1.165, 1.54) is 5.56 Å². The second-order valence-electron chi connectivity index (χ2n) is 7.81. The van der Waals surface area contributed by atoms with Crippen molar-refractivity contribution in [2.75, 3.05) is 25.7 Å². The number of hydrogen-bond donors (Lipinski definition) is 0. The lowest BCUT2D eigenvalue weighted by molar-refractivity contribution is 0.0985. The molecular weight excluding hydrogens is 404 g/mol. The molecular formula is C25H24N4O3. The number of benzene rings is 2. The highest BCUT2D eigenvalue weighted by atomic mass is 16.5. The van der Waals surface area contributed by atoms with Crippen LogP contribution >= 0.6 is 0 Å². The van der Waals surface area contributed by atoms with Crippen LogP contribution < -0.4 is 14.4 Å². The van der Waals surface area contributed by atoms with E-state index in [0.717, 1.165) is 46.6 Å². The van der Waals surface area contributed by atoms with Crippen LogP contribution in [0.5, 0.6) is 11.5 Å². The Balaban J connectivity index is 1.43. The third kappa shape index (κ3) is 3.56. The van der Waals surface area contributed by atoms with Gasteiger partial charge in [0.25, 0.3) is 5.91 Å². The van der Waals surface area contributed by atoms with Crippen LogP contribution in [0.3, 0.4) is 0 Å². The van der Waals surface area contributed by atoms with Gasteiger partial charge in [-0.1, -0.05) is 18.2 Å². The number of pyridine rings is 1. The molecule has 0 saturated carbocycles. The van der Waals surface area contributed by atoms with Gasteiger partial charge in [0.05, 0.1) is 32.5 Å². The van der Waals surface area contributed by atoms with Crippen molar-refractivity contribution in [1.29, 1.82) is 0 Å². The zero-order valence-corrected chi connectivity index (χ0v) is 18.1. The number of methoxy groups -OCH3 is 2. The molecule has 0 radical (unpaired) electrons. The van der Waals surface area contributed by atoms with Crippen molar-refractivity contribution in [3.8, 4) is 11.5 Å². The van der Waals surface area contributed by atoms with E-state index in [2.05, 4.69) is 16.1 Å². The summed E-state index contributed by atoms with van der Waals surface area (Å²) in [6.07, 6.45) is 5.35. The number of rotatable bonds is 5. The van der Waals surface area contributed by atoms with Crippen LogP contribution in [0.1, 0.15) is 27.9 Å². The highest BCUT2D eigenvalue weighted by molar-refractivity contribution is 6.07. The van der Waals surface area contributed by atoms with Crippen LogP contribution in [0.25, 0.3) is 11.0 Å². The van der Waals surface area contributed by atoms with E-state index in [1.807, 2.05) is 52.0 Å². The first-order valence-electron chi connectivity index (χ1n) is 10.6. The van der Waals surface area contributed by atoms with Crippen molar-refractivity contribution < 1.29 is 14.3 Å². The molecule has 7 nitrogen and oxygen atoms in total. The maximum atomic E-state index is 13.3. The number of para-hydroxylation sites is 1. The third-order valence-electron chi connectivity index (χ3n) is 5.89. The number of nitrogens with zero attached hydrogens (tertiary/aromatic N) is 4. The molecule has 2 aromatic heterocycles. The van der Waals surface area contributed by atoms with E-state index in [-0.39, 0.29) is 5.91 Å². The van der Waals surface area contributed by atoms with Crippen LogP contribution in [-0.2, 0) is 13.0 Å². The highest BCUT2D eigenvalue weighted by Gasteiger charge is 2.24. The number of anilines is 1. The summed E-state index contributed by atoms with van der Waals surface area (Å²) in [5.41, 5.74) is 4.45. The van der Waals surface area contributed by atoms with E-state index < -0.39 is 0 Å². The summed E-state index contributed by atoms with van der Waals surface area (Å²) in [6, 6.07) is 15.7. The van der Waals surface area contributed by atoms with E-state index in [0.29, 0.717) is 18.7 Å². The molecule has 1 amide bonds. The largest absolute Gasteiger partial charge is 0.497 e. The summed E-state index contributed by atoms with van der Waals surface area (Å²) in [4.78, 5) is 19.7. The average Bonchev–Trinajstić information content (AvgIpc) is 3.25. The van der Waals surface area contributed by atoms with E-state index in [1.54, 1.807) is 26.6 Å². The van der Waals surface area contributed by atoms with Crippen molar-refractivity contribution in [3.05, 3.63) is 77.6 Å². The van der Waals surface area contributed by atoms with Crippen LogP contribution in [0, 0.1) is 0 Å². The monoisotopic (exact) mass is 428 g/mol. The van der Waals surface area contributed by atoms with E-state index in [4.69, 9.17) is 9.47 Å². The molecule has 0 bridgehead atoms. The zero-order valence-electron chi connectivity index (χ0n) is 18.1. The first-order valence-corrected chi connectivity index (χ1v) is 10.6. The lowest BCUT2D eigenvalue weighted by atomic mass is 10.0. The van der Waals surface area contributed by atoms with Crippen molar-refractivity contribution in [2.45, 2.75) is 19.4 Å². The molecule has 0 atom stereocenters. The Bertz CT molecular complexity index is 1300. The number of aryl methyl sites for hydroxylation is 1. The fourth-order valence-electron chi connectivity index (χ4n) is 4.25. The van der Waals surface area contributed by atoms with Crippen molar-refractivity contribution in [2.24, 2.45) is 0 Å². The number of carbonyl (C=O) groups is 1. The summed E-state index contributed by atoms with van der Waals surface area (Å²) in [6.45, 7) is 1.21. The molecule has 32 heavy (non-hydrogen) atoms. The number of aromatic nitrogens is 3. The minimum absolute atomic E-state index is 0.0314. The summed E-state index contributed by atoms with van der Waals surface area (Å²) < 4.78 is 12.6. The van der Waals surface area contributed by atoms with Gasteiger partial charge in [-0.15, -0.1) is 0 Å². The van der Waals surface area contributed by atoms with Gasteiger partial charge < -0.3 is 14.4 Å². The molecule has 0 fully saturated rings.